The highest BCUT2D eigenvalue weighted by atomic mass is 35.5. The van der Waals surface area contributed by atoms with Gasteiger partial charge < -0.3 is 4.90 Å². The summed E-state index contributed by atoms with van der Waals surface area (Å²) in [6.45, 7) is 1.38. The van der Waals surface area contributed by atoms with Crippen molar-refractivity contribution in [2.24, 2.45) is 0 Å². The van der Waals surface area contributed by atoms with Gasteiger partial charge in [0.15, 0.2) is 0 Å². The van der Waals surface area contributed by atoms with Crippen LogP contribution in [0, 0.1) is 0 Å². The Balaban J connectivity index is 2.00. The molecule has 2 fully saturated rings. The molecule has 0 aromatic heterocycles. The van der Waals surface area contributed by atoms with Gasteiger partial charge in [-0.2, -0.15) is 0 Å². The molecular formula is C14H15ClN2O4S. The third kappa shape index (κ3) is 2.59. The van der Waals surface area contributed by atoms with E-state index in [0.29, 0.717) is 18.7 Å². The van der Waals surface area contributed by atoms with Crippen molar-refractivity contribution in [3.05, 3.63) is 28.8 Å². The lowest BCUT2D eigenvalue weighted by molar-refractivity contribution is -0.116. The van der Waals surface area contributed by atoms with Crippen molar-refractivity contribution in [1.82, 2.24) is 4.90 Å². The predicted octanol–water partition coefficient (Wildman–Crippen LogP) is 1.64. The molecule has 1 aromatic rings. The molecule has 0 radical (unpaired) electrons. The van der Waals surface area contributed by atoms with Crippen LogP contribution in [-0.4, -0.2) is 44.0 Å². The Hall–Kier alpha value is -1.60. The van der Waals surface area contributed by atoms with Gasteiger partial charge in [0.2, 0.25) is 15.9 Å². The molecule has 0 bridgehead atoms. The first kappa shape index (κ1) is 15.3. The number of nitrogens with zero attached hydrogens (tertiary/aromatic N) is 2. The number of halogens is 1. The summed E-state index contributed by atoms with van der Waals surface area (Å²) in [5.74, 6) is -0.918. The molecule has 0 unspecified atom stereocenters. The molecule has 2 aliphatic heterocycles. The molecule has 0 atom stereocenters. The number of benzene rings is 1. The molecule has 2 saturated heterocycles. The lowest BCUT2D eigenvalue weighted by atomic mass is 10.1. The van der Waals surface area contributed by atoms with Crippen molar-refractivity contribution in [3.8, 4) is 0 Å². The minimum atomic E-state index is -3.70. The second-order valence-electron chi connectivity index (χ2n) is 5.39. The maximum atomic E-state index is 12.4. The van der Waals surface area contributed by atoms with Crippen LogP contribution in [0.1, 0.15) is 29.6 Å². The first-order valence-electron chi connectivity index (χ1n) is 7.05. The molecule has 0 saturated carbocycles. The van der Waals surface area contributed by atoms with Crippen molar-refractivity contribution in [3.63, 3.8) is 0 Å². The second-order valence-corrected chi connectivity index (χ2v) is 7.73. The Bertz CT molecular complexity index is 741. The summed E-state index contributed by atoms with van der Waals surface area (Å²) in [7, 11) is -3.70. The zero-order valence-electron chi connectivity index (χ0n) is 11.8. The average molecular weight is 343 g/mol. The minimum absolute atomic E-state index is 0.0641. The normalized spacial score (nSPS) is 20.7. The van der Waals surface area contributed by atoms with E-state index >= 15 is 0 Å². The largest absolute Gasteiger partial charge is 0.339 e. The zero-order chi connectivity index (χ0) is 15.9. The van der Waals surface area contributed by atoms with E-state index in [0.717, 1.165) is 17.1 Å². The molecule has 0 spiro atoms. The summed E-state index contributed by atoms with van der Waals surface area (Å²) in [6, 6.07) is 4.41. The van der Waals surface area contributed by atoms with Gasteiger partial charge in [0.25, 0.3) is 5.91 Å². The summed E-state index contributed by atoms with van der Waals surface area (Å²) in [5.41, 5.74) is 0.408. The number of amides is 2. The van der Waals surface area contributed by atoms with Crippen LogP contribution in [0.25, 0.3) is 0 Å². The van der Waals surface area contributed by atoms with Crippen LogP contribution in [0.3, 0.4) is 0 Å². The number of rotatable bonds is 2. The molecule has 8 heteroatoms. The molecule has 118 valence electrons. The third-order valence-corrected chi connectivity index (χ3v) is 5.88. The number of likely N-dealkylation sites (tertiary alicyclic amines) is 1. The van der Waals surface area contributed by atoms with Crippen LogP contribution in [0.5, 0.6) is 0 Å². The Kier molecular flexibility index (Phi) is 3.86. The SMILES string of the molecule is O=C(c1ccc(Cl)c(N2C(=O)CCS2(=O)=O)c1)N1CCCC1. The van der Waals surface area contributed by atoms with Crippen LogP contribution < -0.4 is 4.31 Å². The summed E-state index contributed by atoms with van der Waals surface area (Å²) < 4.78 is 24.7. The topological polar surface area (TPSA) is 74.8 Å². The smallest absolute Gasteiger partial charge is 0.253 e. The molecule has 0 N–H and O–H groups in total. The molecular weight excluding hydrogens is 328 g/mol. The molecule has 6 nitrogen and oxygen atoms in total. The number of hydrogen-bond donors (Lipinski definition) is 0. The fraction of sp³-hybridized carbons (Fsp3) is 0.429. The maximum absolute atomic E-state index is 12.4. The van der Waals surface area contributed by atoms with E-state index in [-0.39, 0.29) is 28.8 Å². The number of anilines is 1. The number of hydrogen-bond acceptors (Lipinski definition) is 4. The van der Waals surface area contributed by atoms with Crippen molar-refractivity contribution >= 4 is 39.1 Å². The second kappa shape index (κ2) is 5.55. The minimum Gasteiger partial charge on any atom is -0.339 e. The number of sulfonamides is 1. The number of carbonyl (C=O) groups is 2. The van der Waals surface area contributed by atoms with E-state index in [4.69, 9.17) is 11.6 Å². The van der Waals surface area contributed by atoms with Crippen LogP contribution in [0.4, 0.5) is 5.69 Å². The third-order valence-electron chi connectivity index (χ3n) is 3.88. The summed E-state index contributed by atoms with van der Waals surface area (Å²) >= 11 is 6.05. The van der Waals surface area contributed by atoms with Gasteiger partial charge in [-0.25, -0.2) is 12.7 Å². The van der Waals surface area contributed by atoms with Gasteiger partial charge in [0, 0.05) is 25.1 Å². The van der Waals surface area contributed by atoms with Gasteiger partial charge in [0.05, 0.1) is 16.5 Å². The lowest BCUT2D eigenvalue weighted by Gasteiger charge is -2.19. The summed E-state index contributed by atoms with van der Waals surface area (Å²) in [5, 5.41) is 0.136. The van der Waals surface area contributed by atoms with Gasteiger partial charge in [-0.1, -0.05) is 11.6 Å². The standard InChI is InChI=1S/C14H15ClN2O4S/c15-11-4-3-10(14(19)16-6-1-2-7-16)9-12(11)17-13(18)5-8-22(17,20)21/h3-4,9H,1-2,5-8H2. The van der Waals surface area contributed by atoms with Gasteiger partial charge in [-0.15, -0.1) is 0 Å². The average Bonchev–Trinajstić information content (AvgIpc) is 3.08. The lowest BCUT2D eigenvalue weighted by Crippen LogP contribution is -2.31. The van der Waals surface area contributed by atoms with E-state index in [1.54, 1.807) is 11.0 Å². The fourth-order valence-corrected chi connectivity index (χ4v) is 4.47. The summed E-state index contributed by atoms with van der Waals surface area (Å²) in [4.78, 5) is 26.0. The van der Waals surface area contributed by atoms with Crippen molar-refractivity contribution in [2.45, 2.75) is 19.3 Å². The molecule has 1 aromatic carbocycles. The first-order valence-corrected chi connectivity index (χ1v) is 9.03. The molecule has 2 aliphatic rings. The zero-order valence-corrected chi connectivity index (χ0v) is 13.4. The van der Waals surface area contributed by atoms with Crippen LogP contribution >= 0.6 is 11.6 Å². The Labute approximate surface area is 133 Å². The monoisotopic (exact) mass is 342 g/mol. The Morgan fingerprint density at radius 3 is 2.45 bits per heavy atom. The molecule has 22 heavy (non-hydrogen) atoms. The van der Waals surface area contributed by atoms with E-state index in [2.05, 4.69) is 0 Å². The molecule has 2 heterocycles. The predicted molar refractivity (Wildman–Crippen MR) is 82.5 cm³/mol. The van der Waals surface area contributed by atoms with Crippen LogP contribution in [0.2, 0.25) is 5.02 Å². The van der Waals surface area contributed by atoms with E-state index in [9.17, 15) is 18.0 Å². The maximum Gasteiger partial charge on any atom is 0.253 e. The van der Waals surface area contributed by atoms with E-state index in [1.807, 2.05) is 0 Å². The van der Waals surface area contributed by atoms with Crippen molar-refractivity contribution < 1.29 is 18.0 Å². The van der Waals surface area contributed by atoms with Gasteiger partial charge >= 0.3 is 0 Å². The highest BCUT2D eigenvalue weighted by Crippen LogP contribution is 2.33. The number of carbonyl (C=O) groups excluding carboxylic acids is 2. The van der Waals surface area contributed by atoms with Crippen molar-refractivity contribution in [1.29, 1.82) is 0 Å². The quantitative estimate of drug-likeness (QED) is 0.819. The highest BCUT2D eigenvalue weighted by Gasteiger charge is 2.37. The Morgan fingerprint density at radius 2 is 1.86 bits per heavy atom. The summed E-state index contributed by atoms with van der Waals surface area (Å²) in [6.07, 6.45) is 1.86. The van der Waals surface area contributed by atoms with Crippen LogP contribution in [-0.2, 0) is 14.8 Å². The highest BCUT2D eigenvalue weighted by molar-refractivity contribution is 7.94. The Morgan fingerprint density at radius 1 is 1.18 bits per heavy atom. The van der Waals surface area contributed by atoms with E-state index in [1.165, 1.54) is 12.1 Å². The van der Waals surface area contributed by atoms with Crippen molar-refractivity contribution in [2.75, 3.05) is 23.1 Å². The fourth-order valence-electron chi connectivity index (χ4n) is 2.75. The van der Waals surface area contributed by atoms with Gasteiger partial charge in [-0.3, -0.25) is 9.59 Å². The van der Waals surface area contributed by atoms with Gasteiger partial charge in [0.1, 0.15) is 0 Å². The first-order chi connectivity index (χ1) is 10.4. The van der Waals surface area contributed by atoms with Gasteiger partial charge in [-0.05, 0) is 31.0 Å². The van der Waals surface area contributed by atoms with Crippen LogP contribution in [0.15, 0.2) is 18.2 Å². The molecule has 2 amide bonds. The van der Waals surface area contributed by atoms with E-state index < -0.39 is 15.9 Å². The molecule has 0 aliphatic carbocycles. The molecule has 3 rings (SSSR count).